The molecule has 0 aliphatic carbocycles. The monoisotopic (exact) mass is 360 g/mol. The number of hydrogen-bond acceptors (Lipinski definition) is 4. The fourth-order valence-corrected chi connectivity index (χ4v) is 3.18. The van der Waals surface area contributed by atoms with Crippen LogP contribution in [0.5, 0.6) is 0 Å². The predicted octanol–water partition coefficient (Wildman–Crippen LogP) is 3.58. The third-order valence-electron chi connectivity index (χ3n) is 4.06. The van der Waals surface area contributed by atoms with Gasteiger partial charge in [0.2, 0.25) is 0 Å². The molecule has 2 aromatic carbocycles. The first-order valence-electron chi connectivity index (χ1n) is 8.19. The molecule has 1 N–H and O–H groups in total. The van der Waals surface area contributed by atoms with Crippen LogP contribution < -0.4 is 10.2 Å². The zero-order valence-corrected chi connectivity index (χ0v) is 14.9. The second kappa shape index (κ2) is 8.34. The van der Waals surface area contributed by atoms with E-state index in [4.69, 9.17) is 21.1 Å². The van der Waals surface area contributed by atoms with Gasteiger partial charge < -0.3 is 19.7 Å². The predicted molar refractivity (Wildman–Crippen MR) is 99.6 cm³/mol. The van der Waals surface area contributed by atoms with E-state index in [9.17, 15) is 4.79 Å². The van der Waals surface area contributed by atoms with Gasteiger partial charge in [-0.05, 0) is 29.8 Å². The van der Waals surface area contributed by atoms with Crippen LogP contribution in [0, 0.1) is 0 Å². The maximum atomic E-state index is 12.7. The summed E-state index contributed by atoms with van der Waals surface area (Å²) in [6, 6.07) is 12.9. The van der Waals surface area contributed by atoms with E-state index >= 15 is 0 Å². The van der Waals surface area contributed by atoms with Gasteiger partial charge in [0.1, 0.15) is 0 Å². The van der Waals surface area contributed by atoms with E-state index in [-0.39, 0.29) is 5.91 Å². The average Bonchev–Trinajstić information content (AvgIpc) is 2.63. The molecule has 0 unspecified atom stereocenters. The lowest BCUT2D eigenvalue weighted by Crippen LogP contribution is -2.37. The fraction of sp³-hybridized carbons (Fsp3) is 0.316. The highest BCUT2D eigenvalue weighted by Gasteiger charge is 2.19. The van der Waals surface area contributed by atoms with Crippen molar-refractivity contribution in [3.8, 4) is 0 Å². The Hall–Kier alpha value is -2.08. The summed E-state index contributed by atoms with van der Waals surface area (Å²) in [5.74, 6) is -0.172. The number of para-hydroxylation sites is 1. The molecule has 1 fully saturated rings. The van der Waals surface area contributed by atoms with Crippen molar-refractivity contribution in [2.24, 2.45) is 0 Å². The maximum Gasteiger partial charge on any atom is 0.255 e. The molecule has 6 heteroatoms. The van der Waals surface area contributed by atoms with Crippen molar-refractivity contribution in [1.82, 2.24) is 0 Å². The number of anilines is 2. The number of carbonyl (C=O) groups is 1. The molecule has 0 saturated carbocycles. The third kappa shape index (κ3) is 4.31. The molecule has 0 radical (unpaired) electrons. The quantitative estimate of drug-likeness (QED) is 0.885. The highest BCUT2D eigenvalue weighted by atomic mass is 35.5. The van der Waals surface area contributed by atoms with Crippen LogP contribution in [0.1, 0.15) is 15.9 Å². The number of methoxy groups -OCH3 is 1. The first-order chi connectivity index (χ1) is 12.2. The molecule has 1 aliphatic rings. The Bertz CT molecular complexity index is 745. The van der Waals surface area contributed by atoms with Crippen molar-refractivity contribution in [3.63, 3.8) is 0 Å². The molecule has 0 atom stereocenters. The van der Waals surface area contributed by atoms with Gasteiger partial charge in [0, 0.05) is 25.8 Å². The first kappa shape index (κ1) is 17.7. The summed E-state index contributed by atoms with van der Waals surface area (Å²) >= 11 is 6.41. The van der Waals surface area contributed by atoms with Gasteiger partial charge in [0.15, 0.2) is 0 Å². The summed E-state index contributed by atoms with van der Waals surface area (Å²) in [6.45, 7) is 3.26. The van der Waals surface area contributed by atoms with Crippen molar-refractivity contribution < 1.29 is 14.3 Å². The van der Waals surface area contributed by atoms with Gasteiger partial charge in [-0.15, -0.1) is 0 Å². The van der Waals surface area contributed by atoms with E-state index in [1.165, 1.54) is 0 Å². The molecule has 3 rings (SSSR count). The maximum absolute atomic E-state index is 12.7. The molecule has 0 aromatic heterocycles. The number of carbonyl (C=O) groups excluding carboxylic acids is 1. The normalized spacial score (nSPS) is 14.4. The van der Waals surface area contributed by atoms with Crippen molar-refractivity contribution in [2.75, 3.05) is 43.6 Å². The standard InChI is InChI=1S/C19H21ClN2O3/c1-24-13-14-4-2-5-15(12-14)19(23)21-17-7-3-6-16(20)18(17)22-8-10-25-11-9-22/h2-7,12H,8-11,13H2,1H3,(H,21,23). The van der Waals surface area contributed by atoms with E-state index in [1.807, 2.05) is 36.4 Å². The molecule has 1 heterocycles. The van der Waals surface area contributed by atoms with E-state index in [2.05, 4.69) is 10.2 Å². The zero-order chi connectivity index (χ0) is 17.6. The SMILES string of the molecule is COCc1cccc(C(=O)Nc2cccc(Cl)c2N2CCOCC2)c1. The minimum absolute atomic E-state index is 0.172. The topological polar surface area (TPSA) is 50.8 Å². The van der Waals surface area contributed by atoms with E-state index < -0.39 is 0 Å². The lowest BCUT2D eigenvalue weighted by atomic mass is 10.1. The van der Waals surface area contributed by atoms with Crippen molar-refractivity contribution in [2.45, 2.75) is 6.61 Å². The third-order valence-corrected chi connectivity index (χ3v) is 4.37. The Morgan fingerprint density at radius 1 is 1.24 bits per heavy atom. The van der Waals surface area contributed by atoms with E-state index in [1.54, 1.807) is 13.2 Å². The molecule has 25 heavy (non-hydrogen) atoms. The largest absolute Gasteiger partial charge is 0.380 e. The van der Waals surface area contributed by atoms with Crippen LogP contribution in [0.4, 0.5) is 11.4 Å². The van der Waals surface area contributed by atoms with Crippen molar-refractivity contribution >= 4 is 28.9 Å². The second-order valence-corrected chi connectivity index (χ2v) is 6.23. The van der Waals surface area contributed by atoms with Crippen LogP contribution in [0.25, 0.3) is 0 Å². The second-order valence-electron chi connectivity index (χ2n) is 5.82. The molecule has 2 aromatic rings. The molecule has 132 valence electrons. The van der Waals surface area contributed by atoms with Crippen LogP contribution in [0.2, 0.25) is 5.02 Å². The average molecular weight is 361 g/mol. The van der Waals surface area contributed by atoms with Crippen LogP contribution in [-0.2, 0) is 16.1 Å². The summed E-state index contributed by atoms with van der Waals surface area (Å²) in [5, 5.41) is 3.61. The molecular weight excluding hydrogens is 340 g/mol. The molecule has 5 nitrogen and oxygen atoms in total. The van der Waals surface area contributed by atoms with Gasteiger partial charge >= 0.3 is 0 Å². The number of hydrogen-bond donors (Lipinski definition) is 1. The number of nitrogens with one attached hydrogen (secondary N) is 1. The Kier molecular flexibility index (Phi) is 5.91. The van der Waals surface area contributed by atoms with Gasteiger partial charge in [-0.1, -0.05) is 29.8 Å². The van der Waals surface area contributed by atoms with Gasteiger partial charge in [0.25, 0.3) is 5.91 Å². The summed E-state index contributed by atoms with van der Waals surface area (Å²) < 4.78 is 10.5. The summed E-state index contributed by atoms with van der Waals surface area (Å²) in [6.07, 6.45) is 0. The lowest BCUT2D eigenvalue weighted by Gasteiger charge is -2.31. The van der Waals surface area contributed by atoms with Crippen LogP contribution >= 0.6 is 11.6 Å². The fourth-order valence-electron chi connectivity index (χ4n) is 2.89. The molecule has 1 saturated heterocycles. The molecule has 0 spiro atoms. The number of morpholine rings is 1. The van der Waals surface area contributed by atoms with E-state index in [0.29, 0.717) is 36.1 Å². The minimum atomic E-state index is -0.172. The number of halogens is 1. The van der Waals surface area contributed by atoms with Gasteiger partial charge in [-0.25, -0.2) is 0 Å². The van der Waals surface area contributed by atoms with Gasteiger partial charge in [0.05, 0.1) is 36.2 Å². The number of nitrogens with zero attached hydrogens (tertiary/aromatic N) is 1. The summed E-state index contributed by atoms with van der Waals surface area (Å²) in [4.78, 5) is 14.8. The number of benzene rings is 2. The highest BCUT2D eigenvalue weighted by Crippen LogP contribution is 2.34. The molecule has 1 aliphatic heterocycles. The minimum Gasteiger partial charge on any atom is -0.380 e. The lowest BCUT2D eigenvalue weighted by molar-refractivity contribution is 0.102. The number of rotatable bonds is 5. The molecular formula is C19H21ClN2O3. The summed E-state index contributed by atoms with van der Waals surface area (Å²) in [5.41, 5.74) is 3.09. The Balaban J connectivity index is 1.83. The van der Waals surface area contributed by atoms with Crippen LogP contribution in [-0.4, -0.2) is 39.3 Å². The highest BCUT2D eigenvalue weighted by molar-refractivity contribution is 6.34. The van der Waals surface area contributed by atoms with Gasteiger partial charge in [-0.2, -0.15) is 0 Å². The summed E-state index contributed by atoms with van der Waals surface area (Å²) in [7, 11) is 1.63. The van der Waals surface area contributed by atoms with Crippen LogP contribution in [0.3, 0.4) is 0 Å². The Morgan fingerprint density at radius 2 is 2.00 bits per heavy atom. The molecule has 1 amide bonds. The van der Waals surface area contributed by atoms with Crippen LogP contribution in [0.15, 0.2) is 42.5 Å². The van der Waals surface area contributed by atoms with Gasteiger partial charge in [-0.3, -0.25) is 4.79 Å². The molecule has 0 bridgehead atoms. The first-order valence-corrected chi connectivity index (χ1v) is 8.57. The Labute approximate surface area is 152 Å². The number of amides is 1. The Morgan fingerprint density at radius 3 is 2.76 bits per heavy atom. The zero-order valence-electron chi connectivity index (χ0n) is 14.1. The smallest absolute Gasteiger partial charge is 0.255 e. The van der Waals surface area contributed by atoms with Crippen molar-refractivity contribution in [3.05, 3.63) is 58.6 Å². The van der Waals surface area contributed by atoms with Crippen molar-refractivity contribution in [1.29, 1.82) is 0 Å². The van der Waals surface area contributed by atoms with E-state index in [0.717, 1.165) is 24.3 Å². The number of ether oxygens (including phenoxy) is 2.